The van der Waals surface area contributed by atoms with E-state index in [1.54, 1.807) is 12.1 Å². The van der Waals surface area contributed by atoms with Crippen molar-refractivity contribution in [2.75, 3.05) is 0 Å². The lowest BCUT2D eigenvalue weighted by Gasteiger charge is -2.07. The van der Waals surface area contributed by atoms with Crippen LogP contribution in [0.3, 0.4) is 0 Å². The number of hydrogen-bond donors (Lipinski definition) is 2. The Morgan fingerprint density at radius 3 is 2.69 bits per heavy atom. The molecule has 0 spiro atoms. The van der Waals surface area contributed by atoms with Crippen molar-refractivity contribution in [2.45, 2.75) is 13.3 Å². The summed E-state index contributed by atoms with van der Waals surface area (Å²) in [4.78, 5) is 0. The van der Waals surface area contributed by atoms with Crippen LogP contribution >= 0.6 is 35.4 Å². The fourth-order valence-electron chi connectivity index (χ4n) is 1.18. The molecular formula is C10H11Cl2N3S. The van der Waals surface area contributed by atoms with E-state index in [9.17, 15) is 0 Å². The van der Waals surface area contributed by atoms with Gasteiger partial charge in [0.05, 0.1) is 10.7 Å². The molecule has 16 heavy (non-hydrogen) atoms. The molecule has 0 atom stereocenters. The normalized spacial score (nSPS) is 11.3. The first kappa shape index (κ1) is 13.2. The fourth-order valence-corrected chi connectivity index (χ4v) is 1.74. The Labute approximate surface area is 110 Å². The summed E-state index contributed by atoms with van der Waals surface area (Å²) in [5.41, 5.74) is 9.43. The number of benzene rings is 1. The molecule has 1 aromatic carbocycles. The van der Waals surface area contributed by atoms with Gasteiger partial charge in [-0.3, -0.25) is 5.43 Å². The SMILES string of the molecule is CC/C(=N/NC(N)=S)c1ccc(Cl)cc1Cl. The highest BCUT2D eigenvalue weighted by atomic mass is 35.5. The summed E-state index contributed by atoms with van der Waals surface area (Å²) in [6, 6.07) is 5.24. The first-order valence-corrected chi connectivity index (χ1v) is 5.78. The Balaban J connectivity index is 3.04. The van der Waals surface area contributed by atoms with Crippen LogP contribution in [0.5, 0.6) is 0 Å². The second kappa shape index (κ2) is 6.03. The van der Waals surface area contributed by atoms with Crippen LogP contribution in [0.4, 0.5) is 0 Å². The van der Waals surface area contributed by atoms with Crippen LogP contribution in [0.2, 0.25) is 10.0 Å². The Bertz CT molecular complexity index is 432. The van der Waals surface area contributed by atoms with Crippen molar-refractivity contribution in [3.05, 3.63) is 33.8 Å². The Morgan fingerprint density at radius 1 is 1.50 bits per heavy atom. The van der Waals surface area contributed by atoms with Crippen molar-refractivity contribution in [1.82, 2.24) is 5.43 Å². The molecule has 0 radical (unpaired) electrons. The second-order valence-electron chi connectivity index (χ2n) is 3.01. The van der Waals surface area contributed by atoms with Gasteiger partial charge < -0.3 is 5.73 Å². The minimum Gasteiger partial charge on any atom is -0.375 e. The number of rotatable bonds is 3. The molecule has 1 rings (SSSR count). The van der Waals surface area contributed by atoms with Gasteiger partial charge in [0, 0.05) is 10.6 Å². The summed E-state index contributed by atoms with van der Waals surface area (Å²) in [7, 11) is 0. The summed E-state index contributed by atoms with van der Waals surface area (Å²) in [5.74, 6) is 0. The highest BCUT2D eigenvalue weighted by Gasteiger charge is 2.07. The highest BCUT2D eigenvalue weighted by Crippen LogP contribution is 2.22. The fraction of sp³-hybridized carbons (Fsp3) is 0.200. The Morgan fingerprint density at radius 2 is 2.19 bits per heavy atom. The maximum atomic E-state index is 6.06. The minimum atomic E-state index is 0.121. The third-order valence-electron chi connectivity index (χ3n) is 1.88. The van der Waals surface area contributed by atoms with Crippen LogP contribution in [0.25, 0.3) is 0 Å². The average Bonchev–Trinajstić information content (AvgIpc) is 2.21. The lowest BCUT2D eigenvalue weighted by Crippen LogP contribution is -2.25. The molecule has 0 aliphatic heterocycles. The van der Waals surface area contributed by atoms with E-state index >= 15 is 0 Å². The van der Waals surface area contributed by atoms with E-state index in [2.05, 4.69) is 22.7 Å². The van der Waals surface area contributed by atoms with Gasteiger partial charge in [0.1, 0.15) is 0 Å². The smallest absolute Gasteiger partial charge is 0.184 e. The third kappa shape index (κ3) is 3.63. The van der Waals surface area contributed by atoms with Gasteiger partial charge in [-0.2, -0.15) is 5.10 Å². The zero-order valence-corrected chi connectivity index (χ0v) is 11.0. The van der Waals surface area contributed by atoms with Gasteiger partial charge in [0.2, 0.25) is 0 Å². The summed E-state index contributed by atoms with van der Waals surface area (Å²) >= 11 is 16.5. The molecule has 86 valence electrons. The Hall–Kier alpha value is -0.840. The number of nitrogens with zero attached hydrogens (tertiary/aromatic N) is 1. The molecule has 0 aromatic heterocycles. The Kier molecular flexibility index (Phi) is 4.99. The van der Waals surface area contributed by atoms with Crippen LogP contribution in [0, 0.1) is 0 Å². The van der Waals surface area contributed by atoms with Gasteiger partial charge in [0.25, 0.3) is 0 Å². The van der Waals surface area contributed by atoms with Crippen LogP contribution < -0.4 is 11.2 Å². The molecule has 0 amide bonds. The quantitative estimate of drug-likeness (QED) is 0.507. The van der Waals surface area contributed by atoms with Gasteiger partial charge in [0.15, 0.2) is 5.11 Å². The van der Waals surface area contributed by atoms with Crippen molar-refractivity contribution in [1.29, 1.82) is 0 Å². The molecule has 0 heterocycles. The van der Waals surface area contributed by atoms with Gasteiger partial charge in [-0.15, -0.1) is 0 Å². The minimum absolute atomic E-state index is 0.121. The zero-order chi connectivity index (χ0) is 12.1. The number of nitrogens with two attached hydrogens (primary N) is 1. The molecule has 0 aliphatic carbocycles. The van der Waals surface area contributed by atoms with E-state index in [1.165, 1.54) is 0 Å². The van der Waals surface area contributed by atoms with Crippen molar-refractivity contribution >= 4 is 46.2 Å². The third-order valence-corrected chi connectivity index (χ3v) is 2.52. The molecule has 0 fully saturated rings. The largest absolute Gasteiger partial charge is 0.375 e. The van der Waals surface area contributed by atoms with Crippen LogP contribution in [0.1, 0.15) is 18.9 Å². The molecule has 0 bridgehead atoms. The first-order chi connectivity index (χ1) is 7.54. The van der Waals surface area contributed by atoms with Crippen molar-refractivity contribution in [3.63, 3.8) is 0 Å². The number of thiocarbonyl (C=S) groups is 1. The van der Waals surface area contributed by atoms with E-state index < -0.39 is 0 Å². The second-order valence-corrected chi connectivity index (χ2v) is 4.30. The topological polar surface area (TPSA) is 50.4 Å². The molecule has 0 saturated carbocycles. The average molecular weight is 276 g/mol. The van der Waals surface area contributed by atoms with E-state index in [-0.39, 0.29) is 5.11 Å². The van der Waals surface area contributed by atoms with Crippen LogP contribution in [-0.4, -0.2) is 10.8 Å². The number of hydrogen-bond acceptors (Lipinski definition) is 2. The molecule has 3 N–H and O–H groups in total. The lowest BCUT2D eigenvalue weighted by molar-refractivity contribution is 1.01. The predicted octanol–water partition coefficient (Wildman–Crippen LogP) is 2.94. The molecule has 0 saturated heterocycles. The van der Waals surface area contributed by atoms with E-state index in [0.717, 1.165) is 11.3 Å². The first-order valence-electron chi connectivity index (χ1n) is 4.62. The summed E-state index contributed by atoms with van der Waals surface area (Å²) < 4.78 is 0. The van der Waals surface area contributed by atoms with Crippen LogP contribution in [0.15, 0.2) is 23.3 Å². The van der Waals surface area contributed by atoms with Gasteiger partial charge in [-0.05, 0) is 30.8 Å². The predicted molar refractivity (Wildman–Crippen MR) is 73.2 cm³/mol. The molecule has 1 aromatic rings. The molecule has 0 aliphatic rings. The highest BCUT2D eigenvalue weighted by molar-refractivity contribution is 7.80. The van der Waals surface area contributed by atoms with Crippen LogP contribution in [-0.2, 0) is 0 Å². The molecule has 6 heteroatoms. The maximum absolute atomic E-state index is 6.06. The molecular weight excluding hydrogens is 265 g/mol. The maximum Gasteiger partial charge on any atom is 0.184 e. The van der Waals surface area contributed by atoms with Crippen molar-refractivity contribution < 1.29 is 0 Å². The van der Waals surface area contributed by atoms with E-state index in [0.29, 0.717) is 16.5 Å². The number of nitrogens with one attached hydrogen (secondary N) is 1. The van der Waals surface area contributed by atoms with Crippen molar-refractivity contribution in [2.24, 2.45) is 10.8 Å². The summed E-state index contributed by atoms with van der Waals surface area (Å²) in [5, 5.41) is 5.34. The van der Waals surface area contributed by atoms with Crippen molar-refractivity contribution in [3.8, 4) is 0 Å². The van der Waals surface area contributed by atoms with Gasteiger partial charge in [-0.25, -0.2) is 0 Å². The van der Waals surface area contributed by atoms with E-state index in [4.69, 9.17) is 28.9 Å². The lowest BCUT2D eigenvalue weighted by atomic mass is 10.1. The number of hydrazone groups is 1. The summed E-state index contributed by atoms with van der Waals surface area (Å²) in [6.07, 6.45) is 0.705. The summed E-state index contributed by atoms with van der Waals surface area (Å²) in [6.45, 7) is 1.96. The van der Waals surface area contributed by atoms with E-state index in [1.807, 2.05) is 13.0 Å². The molecule has 3 nitrogen and oxygen atoms in total. The number of halogens is 2. The van der Waals surface area contributed by atoms with Gasteiger partial charge in [-0.1, -0.05) is 36.2 Å². The molecule has 0 unspecified atom stereocenters. The monoisotopic (exact) mass is 275 g/mol. The zero-order valence-electron chi connectivity index (χ0n) is 8.63. The standard InChI is InChI=1S/C10H11Cl2N3S/c1-2-9(14-15-10(13)16)7-4-3-6(11)5-8(7)12/h3-5H,2H2,1H3,(H3,13,15,16)/b14-9-. The van der Waals surface area contributed by atoms with Gasteiger partial charge >= 0.3 is 0 Å².